The van der Waals surface area contributed by atoms with Crippen LogP contribution in [-0.4, -0.2) is 26.0 Å². The van der Waals surface area contributed by atoms with Crippen molar-refractivity contribution in [1.82, 2.24) is 15.0 Å². The van der Waals surface area contributed by atoms with E-state index in [0.717, 1.165) is 11.3 Å². The lowest BCUT2D eigenvalue weighted by molar-refractivity contribution is -0.138. The van der Waals surface area contributed by atoms with E-state index in [0.29, 0.717) is 0 Å². The van der Waals surface area contributed by atoms with Crippen LogP contribution in [0.15, 0.2) is 24.7 Å². The molecule has 0 bridgehead atoms. The molecule has 0 radical (unpaired) electrons. The van der Waals surface area contributed by atoms with Crippen LogP contribution in [0, 0.1) is 0 Å². The molecular formula is C9H10N4O2. The minimum Gasteiger partial charge on any atom is -0.480 e. The molecule has 5 N–H and O–H groups in total. The fraction of sp³-hybridized carbons (Fsp3) is 0.111. The normalized spacial score (nSPS) is 12.6. The van der Waals surface area contributed by atoms with Crippen molar-refractivity contribution in [3.05, 3.63) is 30.5 Å². The van der Waals surface area contributed by atoms with E-state index in [2.05, 4.69) is 15.0 Å². The first kappa shape index (κ1) is 9.47. The van der Waals surface area contributed by atoms with Crippen molar-refractivity contribution in [1.29, 1.82) is 0 Å². The SMILES string of the molecule is NC(C(=O)O)c1ncc(-c2cc[nH]c2)[nH]1. The van der Waals surface area contributed by atoms with Crippen LogP contribution >= 0.6 is 0 Å². The summed E-state index contributed by atoms with van der Waals surface area (Å²) in [6.07, 6.45) is 5.11. The number of aromatic amines is 2. The second kappa shape index (κ2) is 3.58. The average molecular weight is 206 g/mol. The van der Waals surface area contributed by atoms with Gasteiger partial charge in [-0.25, -0.2) is 4.98 Å². The number of aliphatic carboxylic acids is 1. The van der Waals surface area contributed by atoms with Gasteiger partial charge in [-0.3, -0.25) is 4.79 Å². The zero-order valence-corrected chi connectivity index (χ0v) is 7.77. The summed E-state index contributed by atoms with van der Waals surface area (Å²) in [4.78, 5) is 20.3. The highest BCUT2D eigenvalue weighted by molar-refractivity contribution is 5.74. The van der Waals surface area contributed by atoms with E-state index in [1.54, 1.807) is 18.6 Å². The lowest BCUT2D eigenvalue weighted by Crippen LogP contribution is -2.21. The third-order valence-electron chi connectivity index (χ3n) is 2.07. The molecule has 0 saturated carbocycles. The molecule has 0 saturated heterocycles. The molecule has 0 aliphatic rings. The Morgan fingerprint density at radius 2 is 2.40 bits per heavy atom. The number of carbonyl (C=O) groups is 1. The number of nitrogens with zero attached hydrogens (tertiary/aromatic N) is 1. The molecule has 1 unspecified atom stereocenters. The number of aromatic nitrogens is 3. The first-order chi connectivity index (χ1) is 7.18. The molecule has 0 aromatic carbocycles. The second-order valence-electron chi connectivity index (χ2n) is 3.10. The first-order valence-electron chi connectivity index (χ1n) is 4.35. The molecule has 2 heterocycles. The predicted octanol–water partition coefficient (Wildman–Crippen LogP) is 0.489. The molecule has 0 fully saturated rings. The van der Waals surface area contributed by atoms with E-state index in [1.807, 2.05) is 6.07 Å². The molecular weight excluding hydrogens is 196 g/mol. The highest BCUT2D eigenvalue weighted by atomic mass is 16.4. The molecule has 0 aliphatic heterocycles. The van der Waals surface area contributed by atoms with Gasteiger partial charge in [0, 0.05) is 18.0 Å². The van der Waals surface area contributed by atoms with Crippen molar-refractivity contribution in [3.63, 3.8) is 0 Å². The summed E-state index contributed by atoms with van der Waals surface area (Å²) in [5.41, 5.74) is 7.05. The fourth-order valence-corrected chi connectivity index (χ4v) is 1.25. The predicted molar refractivity (Wildman–Crippen MR) is 52.9 cm³/mol. The Morgan fingerprint density at radius 3 is 3.00 bits per heavy atom. The van der Waals surface area contributed by atoms with E-state index in [4.69, 9.17) is 10.8 Å². The number of carboxylic acid groups (broad SMARTS) is 1. The second-order valence-corrected chi connectivity index (χ2v) is 3.10. The molecule has 2 aromatic rings. The summed E-state index contributed by atoms with van der Waals surface area (Å²) in [6.45, 7) is 0. The van der Waals surface area contributed by atoms with Gasteiger partial charge in [0.2, 0.25) is 0 Å². The summed E-state index contributed by atoms with van der Waals surface area (Å²) in [5, 5.41) is 8.68. The number of nitrogens with one attached hydrogen (secondary N) is 2. The first-order valence-corrected chi connectivity index (χ1v) is 4.35. The van der Waals surface area contributed by atoms with Crippen LogP contribution in [0.3, 0.4) is 0 Å². The van der Waals surface area contributed by atoms with Gasteiger partial charge in [-0.15, -0.1) is 0 Å². The molecule has 0 amide bonds. The molecule has 15 heavy (non-hydrogen) atoms. The van der Waals surface area contributed by atoms with Crippen LogP contribution in [0.2, 0.25) is 0 Å². The van der Waals surface area contributed by atoms with Gasteiger partial charge in [0.25, 0.3) is 0 Å². The van der Waals surface area contributed by atoms with Gasteiger partial charge >= 0.3 is 5.97 Å². The molecule has 1 atom stereocenters. The average Bonchev–Trinajstić information content (AvgIpc) is 2.86. The summed E-state index contributed by atoms with van der Waals surface area (Å²) < 4.78 is 0. The van der Waals surface area contributed by atoms with Crippen molar-refractivity contribution in [2.24, 2.45) is 5.73 Å². The maximum Gasteiger partial charge on any atom is 0.328 e. The zero-order chi connectivity index (χ0) is 10.8. The Bertz CT molecular complexity index is 460. The van der Waals surface area contributed by atoms with E-state index < -0.39 is 12.0 Å². The monoisotopic (exact) mass is 206 g/mol. The molecule has 0 aliphatic carbocycles. The van der Waals surface area contributed by atoms with Crippen LogP contribution in [0.5, 0.6) is 0 Å². The van der Waals surface area contributed by atoms with Crippen molar-refractivity contribution < 1.29 is 9.90 Å². The standard InChI is InChI=1S/C9H10N4O2/c10-7(9(14)15)8-12-4-6(13-8)5-1-2-11-3-5/h1-4,7,11H,10H2,(H,12,13)(H,14,15). The Morgan fingerprint density at radius 1 is 1.60 bits per heavy atom. The Kier molecular flexibility index (Phi) is 2.26. The zero-order valence-electron chi connectivity index (χ0n) is 7.77. The van der Waals surface area contributed by atoms with Gasteiger partial charge in [0.15, 0.2) is 6.04 Å². The highest BCUT2D eigenvalue weighted by Crippen LogP contribution is 2.17. The Hall–Kier alpha value is -2.08. The Balaban J connectivity index is 2.28. The molecule has 6 nitrogen and oxygen atoms in total. The van der Waals surface area contributed by atoms with E-state index in [1.165, 1.54) is 0 Å². The third kappa shape index (κ3) is 1.75. The number of H-pyrrole nitrogens is 2. The van der Waals surface area contributed by atoms with Crippen LogP contribution in [-0.2, 0) is 4.79 Å². The lowest BCUT2D eigenvalue weighted by Gasteiger charge is -2.00. The summed E-state index contributed by atoms with van der Waals surface area (Å²) >= 11 is 0. The van der Waals surface area contributed by atoms with Crippen molar-refractivity contribution in [2.75, 3.05) is 0 Å². The number of hydrogen-bond acceptors (Lipinski definition) is 3. The van der Waals surface area contributed by atoms with E-state index in [9.17, 15) is 4.79 Å². The highest BCUT2D eigenvalue weighted by Gasteiger charge is 2.17. The van der Waals surface area contributed by atoms with Gasteiger partial charge < -0.3 is 20.8 Å². The van der Waals surface area contributed by atoms with Crippen LogP contribution in [0.4, 0.5) is 0 Å². The number of carboxylic acids is 1. The van der Waals surface area contributed by atoms with Gasteiger partial charge in [-0.2, -0.15) is 0 Å². The van der Waals surface area contributed by atoms with E-state index in [-0.39, 0.29) is 5.82 Å². The van der Waals surface area contributed by atoms with Crippen LogP contribution in [0.1, 0.15) is 11.9 Å². The van der Waals surface area contributed by atoms with Crippen molar-refractivity contribution in [2.45, 2.75) is 6.04 Å². The quantitative estimate of drug-likeness (QED) is 0.586. The number of imidazole rings is 1. The largest absolute Gasteiger partial charge is 0.480 e. The van der Waals surface area contributed by atoms with Crippen LogP contribution in [0.25, 0.3) is 11.3 Å². The third-order valence-corrected chi connectivity index (χ3v) is 2.07. The summed E-state index contributed by atoms with van der Waals surface area (Å²) in [7, 11) is 0. The molecule has 0 spiro atoms. The molecule has 78 valence electrons. The maximum absolute atomic E-state index is 10.6. The fourth-order valence-electron chi connectivity index (χ4n) is 1.25. The van der Waals surface area contributed by atoms with Crippen molar-refractivity contribution >= 4 is 5.97 Å². The van der Waals surface area contributed by atoms with Gasteiger partial charge in [-0.05, 0) is 6.07 Å². The van der Waals surface area contributed by atoms with E-state index >= 15 is 0 Å². The molecule has 2 rings (SSSR count). The molecule has 2 aromatic heterocycles. The lowest BCUT2D eigenvalue weighted by atomic mass is 10.3. The smallest absolute Gasteiger partial charge is 0.328 e. The summed E-state index contributed by atoms with van der Waals surface area (Å²) in [6, 6.07) is 0.738. The minimum absolute atomic E-state index is 0.249. The molecule has 6 heteroatoms. The maximum atomic E-state index is 10.6. The van der Waals surface area contributed by atoms with Gasteiger partial charge in [-0.1, -0.05) is 0 Å². The summed E-state index contributed by atoms with van der Waals surface area (Å²) in [5.74, 6) is -0.858. The van der Waals surface area contributed by atoms with Gasteiger partial charge in [0.1, 0.15) is 5.82 Å². The number of nitrogens with two attached hydrogens (primary N) is 1. The number of hydrogen-bond donors (Lipinski definition) is 4. The van der Waals surface area contributed by atoms with Gasteiger partial charge in [0.05, 0.1) is 11.9 Å². The minimum atomic E-state index is -1.11. The van der Waals surface area contributed by atoms with Crippen LogP contribution < -0.4 is 5.73 Å². The van der Waals surface area contributed by atoms with Crippen molar-refractivity contribution in [3.8, 4) is 11.3 Å². The topological polar surface area (TPSA) is 108 Å². The number of rotatable bonds is 3. The Labute approximate surface area is 85.2 Å².